The van der Waals surface area contributed by atoms with Gasteiger partial charge in [0.15, 0.2) is 0 Å². The van der Waals surface area contributed by atoms with Crippen LogP contribution in [0.1, 0.15) is 24.3 Å². The maximum absolute atomic E-state index is 12.6. The fourth-order valence-electron chi connectivity index (χ4n) is 3.65. The van der Waals surface area contributed by atoms with E-state index in [0.29, 0.717) is 29.1 Å². The Hall–Kier alpha value is -2.24. The van der Waals surface area contributed by atoms with Gasteiger partial charge in [-0.15, -0.1) is 0 Å². The molecule has 1 aliphatic heterocycles. The standard InChI is InChI=1S/C20H20Cl2N4O/c1-25-18-11-15(6-5-14(18)12-23-25)24-20(27)26-9-7-13(8-10-26)16-3-2-4-17(21)19(16)22/h2-6,11-13H,7-10H2,1H3,(H,24,27). The zero-order chi connectivity index (χ0) is 19.0. The number of urea groups is 1. The summed E-state index contributed by atoms with van der Waals surface area (Å²) in [5, 5.41) is 9.49. The number of hydrogen-bond acceptors (Lipinski definition) is 2. The van der Waals surface area contributed by atoms with Gasteiger partial charge in [0.05, 0.1) is 21.8 Å². The molecule has 27 heavy (non-hydrogen) atoms. The lowest BCUT2D eigenvalue weighted by Gasteiger charge is -2.32. The number of aryl methyl sites for hydroxylation is 1. The maximum Gasteiger partial charge on any atom is 0.321 e. The van der Waals surface area contributed by atoms with Crippen molar-refractivity contribution in [3.8, 4) is 0 Å². The summed E-state index contributed by atoms with van der Waals surface area (Å²) in [5.41, 5.74) is 2.84. The third-order valence-electron chi connectivity index (χ3n) is 5.20. The minimum Gasteiger partial charge on any atom is -0.324 e. The van der Waals surface area contributed by atoms with Crippen molar-refractivity contribution < 1.29 is 4.79 Å². The van der Waals surface area contributed by atoms with E-state index in [2.05, 4.69) is 10.4 Å². The second-order valence-corrected chi connectivity index (χ2v) is 7.66. The van der Waals surface area contributed by atoms with Crippen LogP contribution in [-0.4, -0.2) is 33.8 Å². The lowest BCUT2D eigenvalue weighted by molar-refractivity contribution is 0.194. The number of carbonyl (C=O) groups is 1. The Morgan fingerprint density at radius 2 is 1.96 bits per heavy atom. The number of anilines is 1. The summed E-state index contributed by atoms with van der Waals surface area (Å²) in [6.07, 6.45) is 3.55. The molecule has 0 saturated carbocycles. The van der Waals surface area contributed by atoms with Gasteiger partial charge < -0.3 is 10.2 Å². The highest BCUT2D eigenvalue weighted by atomic mass is 35.5. The minimum absolute atomic E-state index is 0.0767. The summed E-state index contributed by atoms with van der Waals surface area (Å²) in [7, 11) is 1.89. The van der Waals surface area contributed by atoms with E-state index >= 15 is 0 Å². The highest BCUT2D eigenvalue weighted by molar-refractivity contribution is 6.42. The number of rotatable bonds is 2. The molecular weight excluding hydrogens is 383 g/mol. The third-order valence-corrected chi connectivity index (χ3v) is 6.04. The van der Waals surface area contributed by atoms with Crippen molar-refractivity contribution in [2.24, 2.45) is 7.05 Å². The normalized spacial score (nSPS) is 15.3. The number of aromatic nitrogens is 2. The molecular formula is C20H20Cl2N4O. The van der Waals surface area contributed by atoms with Crippen LogP contribution >= 0.6 is 23.2 Å². The molecule has 1 aliphatic rings. The molecule has 5 nitrogen and oxygen atoms in total. The van der Waals surface area contributed by atoms with Crippen LogP contribution in [0.5, 0.6) is 0 Å². The number of fused-ring (bicyclic) bond motifs is 1. The van der Waals surface area contributed by atoms with E-state index in [-0.39, 0.29) is 6.03 Å². The number of carbonyl (C=O) groups excluding carboxylic acids is 1. The van der Waals surface area contributed by atoms with Crippen LogP contribution < -0.4 is 5.32 Å². The first-order valence-electron chi connectivity index (χ1n) is 8.94. The van der Waals surface area contributed by atoms with Crippen molar-refractivity contribution in [3.05, 3.63) is 58.2 Å². The quantitative estimate of drug-likeness (QED) is 0.632. The molecule has 1 fully saturated rings. The summed E-state index contributed by atoms with van der Waals surface area (Å²) < 4.78 is 1.80. The van der Waals surface area contributed by atoms with Gasteiger partial charge in [-0.2, -0.15) is 5.10 Å². The second kappa shape index (κ2) is 7.41. The first-order chi connectivity index (χ1) is 13.0. The minimum atomic E-state index is -0.0767. The first-order valence-corrected chi connectivity index (χ1v) is 9.70. The number of piperidine rings is 1. The van der Waals surface area contributed by atoms with E-state index in [0.717, 1.165) is 35.0 Å². The summed E-state index contributed by atoms with van der Waals surface area (Å²) in [6.45, 7) is 1.38. The van der Waals surface area contributed by atoms with Gasteiger partial charge in [0.2, 0.25) is 0 Å². The Kier molecular flexibility index (Phi) is 4.98. The van der Waals surface area contributed by atoms with Gasteiger partial charge in [-0.25, -0.2) is 4.79 Å². The van der Waals surface area contributed by atoms with E-state index < -0.39 is 0 Å². The van der Waals surface area contributed by atoms with Crippen LogP contribution in [0.3, 0.4) is 0 Å². The van der Waals surface area contributed by atoms with Crippen LogP contribution in [-0.2, 0) is 7.05 Å². The summed E-state index contributed by atoms with van der Waals surface area (Å²) in [5.74, 6) is 0.325. The van der Waals surface area contributed by atoms with Crippen molar-refractivity contribution in [1.29, 1.82) is 0 Å². The number of benzene rings is 2. The molecule has 1 aromatic heterocycles. The molecule has 0 unspecified atom stereocenters. The van der Waals surface area contributed by atoms with Crippen molar-refractivity contribution in [2.75, 3.05) is 18.4 Å². The zero-order valence-corrected chi connectivity index (χ0v) is 16.5. The number of nitrogens with zero attached hydrogens (tertiary/aromatic N) is 3. The van der Waals surface area contributed by atoms with Gasteiger partial charge >= 0.3 is 6.03 Å². The van der Waals surface area contributed by atoms with Crippen molar-refractivity contribution in [3.63, 3.8) is 0 Å². The Morgan fingerprint density at radius 3 is 2.74 bits per heavy atom. The average Bonchev–Trinajstić information content (AvgIpc) is 3.05. The monoisotopic (exact) mass is 402 g/mol. The number of halogens is 2. The average molecular weight is 403 g/mol. The van der Waals surface area contributed by atoms with E-state index in [1.165, 1.54) is 0 Å². The summed E-state index contributed by atoms with van der Waals surface area (Å²) in [4.78, 5) is 14.5. The van der Waals surface area contributed by atoms with E-state index in [9.17, 15) is 4.79 Å². The Balaban J connectivity index is 1.40. The number of likely N-dealkylation sites (tertiary alicyclic amines) is 1. The Bertz CT molecular complexity index is 993. The predicted octanol–water partition coefficient (Wildman–Crippen LogP) is 5.29. The van der Waals surface area contributed by atoms with Crippen molar-refractivity contribution in [1.82, 2.24) is 14.7 Å². The van der Waals surface area contributed by atoms with Gasteiger partial charge in [0, 0.05) is 31.2 Å². The van der Waals surface area contributed by atoms with Gasteiger partial charge in [-0.1, -0.05) is 35.3 Å². The lowest BCUT2D eigenvalue weighted by atomic mass is 9.89. The molecule has 0 aliphatic carbocycles. The number of hydrogen-bond donors (Lipinski definition) is 1. The van der Waals surface area contributed by atoms with Crippen LogP contribution in [0.2, 0.25) is 10.0 Å². The van der Waals surface area contributed by atoms with Crippen LogP contribution in [0.4, 0.5) is 10.5 Å². The molecule has 1 saturated heterocycles. The van der Waals surface area contributed by atoms with Crippen LogP contribution in [0.15, 0.2) is 42.6 Å². The van der Waals surface area contributed by atoms with Gasteiger partial charge in [-0.05, 0) is 48.6 Å². The van der Waals surface area contributed by atoms with Gasteiger partial charge in [-0.3, -0.25) is 4.68 Å². The SMILES string of the molecule is Cn1ncc2ccc(NC(=O)N3CCC(c4cccc(Cl)c4Cl)CC3)cc21. The molecule has 2 aromatic carbocycles. The molecule has 1 N–H and O–H groups in total. The van der Waals surface area contributed by atoms with Crippen LogP contribution in [0, 0.1) is 0 Å². The molecule has 7 heteroatoms. The summed E-state index contributed by atoms with van der Waals surface area (Å²) in [6, 6.07) is 11.5. The fraction of sp³-hybridized carbons (Fsp3) is 0.300. The van der Waals surface area contributed by atoms with Crippen molar-refractivity contribution >= 4 is 45.8 Å². The topological polar surface area (TPSA) is 50.2 Å². The number of nitrogens with one attached hydrogen (secondary N) is 1. The molecule has 0 bridgehead atoms. The predicted molar refractivity (Wildman–Crippen MR) is 110 cm³/mol. The third kappa shape index (κ3) is 3.62. The van der Waals surface area contributed by atoms with E-state index in [4.69, 9.17) is 23.2 Å². The van der Waals surface area contributed by atoms with E-state index in [1.807, 2.05) is 48.5 Å². The van der Waals surface area contributed by atoms with Gasteiger partial charge in [0.1, 0.15) is 0 Å². The molecule has 0 radical (unpaired) electrons. The lowest BCUT2D eigenvalue weighted by Crippen LogP contribution is -2.40. The van der Waals surface area contributed by atoms with Crippen molar-refractivity contribution in [2.45, 2.75) is 18.8 Å². The first kappa shape index (κ1) is 18.1. The molecule has 0 atom stereocenters. The maximum atomic E-state index is 12.6. The smallest absolute Gasteiger partial charge is 0.321 e. The Labute approximate surface area is 167 Å². The highest BCUT2D eigenvalue weighted by Crippen LogP contribution is 2.36. The fourth-order valence-corrected chi connectivity index (χ4v) is 4.12. The Morgan fingerprint density at radius 1 is 1.19 bits per heavy atom. The molecule has 140 valence electrons. The number of amides is 2. The molecule has 4 rings (SSSR count). The summed E-state index contributed by atoms with van der Waals surface area (Å²) >= 11 is 12.5. The molecule has 3 aromatic rings. The zero-order valence-electron chi connectivity index (χ0n) is 15.0. The largest absolute Gasteiger partial charge is 0.324 e. The highest BCUT2D eigenvalue weighted by Gasteiger charge is 2.25. The molecule has 2 amide bonds. The van der Waals surface area contributed by atoms with Crippen LogP contribution in [0.25, 0.3) is 10.9 Å². The second-order valence-electron chi connectivity index (χ2n) is 6.88. The molecule has 2 heterocycles. The molecule has 0 spiro atoms. The van der Waals surface area contributed by atoms with Gasteiger partial charge in [0.25, 0.3) is 0 Å². The van der Waals surface area contributed by atoms with E-state index in [1.54, 1.807) is 10.7 Å².